The topological polar surface area (TPSA) is 37.3 Å². The third-order valence-electron chi connectivity index (χ3n) is 2.44. The van der Waals surface area contributed by atoms with Crippen molar-refractivity contribution in [3.63, 3.8) is 0 Å². The molecule has 0 fully saturated rings. The second-order valence-corrected chi connectivity index (χ2v) is 5.88. The first-order valence-electron chi connectivity index (χ1n) is 5.88. The average Bonchev–Trinajstić information content (AvgIpc) is 2.09. The van der Waals surface area contributed by atoms with Gasteiger partial charge >= 0.3 is 5.97 Å². The Bertz CT molecular complexity index is 169. The summed E-state index contributed by atoms with van der Waals surface area (Å²) in [6.45, 7) is 4.50. The molecule has 90 valence electrons. The molecule has 0 saturated heterocycles. The molecule has 3 heteroatoms. The SMILES string of the molecule is CC(C)CCCCCCC(Br)CC(=O)O. The lowest BCUT2D eigenvalue weighted by molar-refractivity contribution is -0.136. The molecule has 2 nitrogen and oxygen atoms in total. The van der Waals surface area contributed by atoms with Crippen LogP contribution in [-0.2, 0) is 4.79 Å². The van der Waals surface area contributed by atoms with Gasteiger partial charge in [-0.15, -0.1) is 0 Å². The molecule has 0 radical (unpaired) electrons. The zero-order chi connectivity index (χ0) is 11.7. The van der Waals surface area contributed by atoms with Crippen molar-refractivity contribution in [1.29, 1.82) is 0 Å². The summed E-state index contributed by atoms with van der Waals surface area (Å²) in [4.78, 5) is 10.5. The number of unbranched alkanes of at least 4 members (excludes halogenated alkanes) is 3. The van der Waals surface area contributed by atoms with Crippen LogP contribution in [0.3, 0.4) is 0 Å². The van der Waals surface area contributed by atoms with Gasteiger partial charge in [-0.05, 0) is 12.3 Å². The van der Waals surface area contributed by atoms with Gasteiger partial charge in [-0.3, -0.25) is 4.79 Å². The number of halogens is 1. The third kappa shape index (κ3) is 11.9. The highest BCUT2D eigenvalue weighted by Crippen LogP contribution is 2.16. The Balaban J connectivity index is 3.20. The normalized spacial score (nSPS) is 13.1. The van der Waals surface area contributed by atoms with Gasteiger partial charge in [0.1, 0.15) is 0 Å². The van der Waals surface area contributed by atoms with Gasteiger partial charge in [-0.1, -0.05) is 61.9 Å². The molecule has 0 aliphatic carbocycles. The van der Waals surface area contributed by atoms with Gasteiger partial charge in [0.15, 0.2) is 0 Å². The zero-order valence-corrected chi connectivity index (χ0v) is 11.4. The van der Waals surface area contributed by atoms with Gasteiger partial charge in [0, 0.05) is 4.83 Å². The second kappa shape index (κ2) is 9.20. The Morgan fingerprint density at radius 1 is 1.13 bits per heavy atom. The van der Waals surface area contributed by atoms with E-state index in [2.05, 4.69) is 29.8 Å². The first-order valence-corrected chi connectivity index (χ1v) is 6.79. The number of aliphatic carboxylic acids is 1. The number of hydrogen-bond acceptors (Lipinski definition) is 1. The van der Waals surface area contributed by atoms with Gasteiger partial charge in [-0.25, -0.2) is 0 Å². The molecule has 1 atom stereocenters. The molecule has 1 unspecified atom stereocenters. The molecule has 1 N–H and O–H groups in total. The highest BCUT2D eigenvalue weighted by Gasteiger charge is 2.08. The quantitative estimate of drug-likeness (QED) is 0.507. The predicted octanol–water partition coefficient (Wildman–Crippen LogP) is 4.22. The number of carboxylic acid groups (broad SMARTS) is 1. The predicted molar refractivity (Wildman–Crippen MR) is 67.5 cm³/mol. The van der Waals surface area contributed by atoms with Crippen LogP contribution in [0.15, 0.2) is 0 Å². The van der Waals surface area contributed by atoms with Crippen molar-refractivity contribution in [2.75, 3.05) is 0 Å². The summed E-state index contributed by atoms with van der Waals surface area (Å²) in [5, 5.41) is 8.56. The molecule has 0 spiro atoms. The van der Waals surface area contributed by atoms with E-state index in [1.54, 1.807) is 0 Å². The van der Waals surface area contributed by atoms with Crippen molar-refractivity contribution in [3.8, 4) is 0 Å². The average molecular weight is 279 g/mol. The van der Waals surface area contributed by atoms with E-state index >= 15 is 0 Å². The minimum atomic E-state index is -0.711. The van der Waals surface area contributed by atoms with Crippen LogP contribution >= 0.6 is 15.9 Å². The Morgan fingerprint density at radius 3 is 2.13 bits per heavy atom. The number of hydrogen-bond donors (Lipinski definition) is 1. The maximum absolute atomic E-state index is 10.4. The summed E-state index contributed by atoms with van der Waals surface area (Å²) in [7, 11) is 0. The minimum Gasteiger partial charge on any atom is -0.481 e. The second-order valence-electron chi connectivity index (χ2n) is 4.58. The lowest BCUT2D eigenvalue weighted by Gasteiger charge is -2.07. The summed E-state index contributed by atoms with van der Waals surface area (Å²) in [6.07, 6.45) is 7.50. The Hall–Kier alpha value is -0.0500. The van der Waals surface area contributed by atoms with E-state index in [1.165, 1.54) is 25.7 Å². The number of carboxylic acids is 1. The standard InChI is InChI=1S/C12H23BrO2/c1-10(2)7-5-3-4-6-8-11(13)9-12(14)15/h10-11H,3-9H2,1-2H3,(H,14,15). The molecule has 0 amide bonds. The summed E-state index contributed by atoms with van der Waals surface area (Å²) >= 11 is 3.39. The maximum atomic E-state index is 10.4. The molecule has 0 saturated carbocycles. The number of carbonyl (C=O) groups is 1. The molecule has 0 aliphatic heterocycles. The molecule has 0 bridgehead atoms. The van der Waals surface area contributed by atoms with Crippen LogP contribution in [0.1, 0.15) is 58.8 Å². The van der Waals surface area contributed by atoms with E-state index in [-0.39, 0.29) is 11.2 Å². The van der Waals surface area contributed by atoms with E-state index in [0.29, 0.717) is 0 Å². The fourth-order valence-electron chi connectivity index (χ4n) is 1.56. The molecule has 0 aliphatic rings. The Labute approximate surface area is 102 Å². The summed E-state index contributed by atoms with van der Waals surface area (Å²) in [5.41, 5.74) is 0. The van der Waals surface area contributed by atoms with Gasteiger partial charge in [0.05, 0.1) is 6.42 Å². The molecule has 0 rings (SSSR count). The molecular formula is C12H23BrO2. The van der Waals surface area contributed by atoms with Crippen molar-refractivity contribution >= 4 is 21.9 Å². The van der Waals surface area contributed by atoms with Crippen molar-refractivity contribution < 1.29 is 9.90 Å². The molecule has 0 aromatic heterocycles. The van der Waals surface area contributed by atoms with Crippen molar-refractivity contribution in [1.82, 2.24) is 0 Å². The third-order valence-corrected chi connectivity index (χ3v) is 3.23. The van der Waals surface area contributed by atoms with Crippen LogP contribution in [0.2, 0.25) is 0 Å². The largest absolute Gasteiger partial charge is 0.481 e. The molecular weight excluding hydrogens is 256 g/mol. The Morgan fingerprint density at radius 2 is 1.67 bits per heavy atom. The lowest BCUT2D eigenvalue weighted by atomic mass is 10.0. The Kier molecular flexibility index (Phi) is 9.17. The van der Waals surface area contributed by atoms with Crippen molar-refractivity contribution in [2.45, 2.75) is 63.6 Å². The van der Waals surface area contributed by atoms with Crippen LogP contribution in [0.5, 0.6) is 0 Å². The van der Waals surface area contributed by atoms with Crippen LogP contribution in [-0.4, -0.2) is 15.9 Å². The van der Waals surface area contributed by atoms with Crippen LogP contribution in [0.4, 0.5) is 0 Å². The lowest BCUT2D eigenvalue weighted by Crippen LogP contribution is -2.06. The smallest absolute Gasteiger partial charge is 0.304 e. The van der Waals surface area contributed by atoms with E-state index < -0.39 is 5.97 Å². The fraction of sp³-hybridized carbons (Fsp3) is 0.917. The van der Waals surface area contributed by atoms with E-state index in [0.717, 1.165) is 18.8 Å². The van der Waals surface area contributed by atoms with Crippen LogP contribution in [0, 0.1) is 5.92 Å². The monoisotopic (exact) mass is 278 g/mol. The summed E-state index contributed by atoms with van der Waals surface area (Å²) < 4.78 is 0. The van der Waals surface area contributed by atoms with Gasteiger partial charge in [0.25, 0.3) is 0 Å². The zero-order valence-electron chi connectivity index (χ0n) is 9.84. The molecule has 0 heterocycles. The van der Waals surface area contributed by atoms with Crippen LogP contribution in [0.25, 0.3) is 0 Å². The van der Waals surface area contributed by atoms with Gasteiger partial charge < -0.3 is 5.11 Å². The van der Waals surface area contributed by atoms with Crippen LogP contribution < -0.4 is 0 Å². The summed E-state index contributed by atoms with van der Waals surface area (Å²) in [6, 6.07) is 0. The van der Waals surface area contributed by atoms with Gasteiger partial charge in [0.2, 0.25) is 0 Å². The first kappa shape index (κ1) is 14.9. The van der Waals surface area contributed by atoms with Crippen molar-refractivity contribution in [2.24, 2.45) is 5.92 Å². The molecule has 0 aromatic rings. The molecule has 0 aromatic carbocycles. The van der Waals surface area contributed by atoms with E-state index in [9.17, 15) is 4.79 Å². The van der Waals surface area contributed by atoms with E-state index in [1.807, 2.05) is 0 Å². The summed E-state index contributed by atoms with van der Waals surface area (Å²) in [5.74, 6) is 0.0950. The van der Waals surface area contributed by atoms with E-state index in [4.69, 9.17) is 5.11 Å². The fourth-order valence-corrected chi connectivity index (χ4v) is 2.16. The first-order chi connectivity index (χ1) is 7.02. The maximum Gasteiger partial charge on any atom is 0.304 e. The number of alkyl halides is 1. The minimum absolute atomic E-state index is 0.153. The number of rotatable bonds is 9. The van der Waals surface area contributed by atoms with Crippen molar-refractivity contribution in [3.05, 3.63) is 0 Å². The van der Waals surface area contributed by atoms with Gasteiger partial charge in [-0.2, -0.15) is 0 Å². The highest BCUT2D eigenvalue weighted by atomic mass is 79.9. The molecule has 15 heavy (non-hydrogen) atoms. The highest BCUT2D eigenvalue weighted by molar-refractivity contribution is 9.09.